The number of aliphatic hydroxyl groups is 3. The molecule has 0 aromatic carbocycles. The average Bonchev–Trinajstić information content (AvgIpc) is 2.94. The van der Waals surface area contributed by atoms with Gasteiger partial charge >= 0.3 is 0 Å². The molecule has 5 nitrogen and oxygen atoms in total. The number of rotatable bonds is 30. The number of aliphatic hydroxyl groups excluding tert-OH is 3. The highest BCUT2D eigenvalue weighted by Crippen LogP contribution is 2.14. The minimum absolute atomic E-state index is 0.360. The van der Waals surface area contributed by atoms with Gasteiger partial charge in [0.25, 0.3) is 0 Å². The van der Waals surface area contributed by atoms with Gasteiger partial charge in [-0.25, -0.2) is 0 Å². The molecule has 0 saturated carbocycles. The van der Waals surface area contributed by atoms with E-state index in [1.165, 1.54) is 122 Å². The summed E-state index contributed by atoms with van der Waals surface area (Å²) in [6.45, 7) is 4.15. The predicted octanol–water partition coefficient (Wildman–Crippen LogP) is 8.53. The van der Waals surface area contributed by atoms with Crippen molar-refractivity contribution in [3.63, 3.8) is 0 Å². The Labute approximate surface area is 242 Å². The quantitative estimate of drug-likeness (QED) is 0.0530. The molecule has 0 aliphatic heterocycles. The summed E-state index contributed by atoms with van der Waals surface area (Å²) in [5.41, 5.74) is 0. The molecule has 232 valence electrons. The van der Waals surface area contributed by atoms with Crippen LogP contribution in [0.5, 0.6) is 0 Å². The van der Waals surface area contributed by atoms with Crippen LogP contribution in [0, 0.1) is 0 Å². The molecule has 5 heteroatoms. The number of amides is 1. The van der Waals surface area contributed by atoms with Crippen molar-refractivity contribution in [3.05, 3.63) is 12.2 Å². The molecule has 3 unspecified atom stereocenters. The molecule has 0 bridgehead atoms. The van der Waals surface area contributed by atoms with Crippen LogP contribution in [0.2, 0.25) is 0 Å². The van der Waals surface area contributed by atoms with Crippen LogP contribution < -0.4 is 5.32 Å². The highest BCUT2D eigenvalue weighted by atomic mass is 16.3. The lowest BCUT2D eigenvalue weighted by atomic mass is 10.0. The van der Waals surface area contributed by atoms with Gasteiger partial charge in [-0.1, -0.05) is 167 Å². The standard InChI is InChI=1S/C34H67NO4/c1-3-5-7-9-11-13-15-16-17-19-20-22-24-26-28-32(37)31(30-36)35-34(39)33(38)29-27-25-23-21-18-14-12-10-8-6-4-2/h26,28,31-33,36-38H,3-25,27,29-30H2,1-2H3,(H,35,39)/b28-26+. The zero-order valence-corrected chi connectivity index (χ0v) is 26.0. The second-order valence-electron chi connectivity index (χ2n) is 11.7. The number of hydrogen-bond acceptors (Lipinski definition) is 4. The number of allylic oxidation sites excluding steroid dienone is 1. The first kappa shape index (κ1) is 38.1. The van der Waals surface area contributed by atoms with E-state index in [-0.39, 0.29) is 6.61 Å². The Bertz CT molecular complexity index is 539. The van der Waals surface area contributed by atoms with Crippen LogP contribution >= 0.6 is 0 Å². The molecule has 3 atom stereocenters. The van der Waals surface area contributed by atoms with E-state index in [1.807, 2.05) is 6.08 Å². The summed E-state index contributed by atoms with van der Waals surface area (Å²) >= 11 is 0. The lowest BCUT2D eigenvalue weighted by Crippen LogP contribution is -2.48. The summed E-state index contributed by atoms with van der Waals surface area (Å²) < 4.78 is 0. The first-order valence-corrected chi connectivity index (χ1v) is 17.0. The number of hydrogen-bond donors (Lipinski definition) is 4. The summed E-state index contributed by atoms with van der Waals surface area (Å²) in [6.07, 6.45) is 32.2. The molecule has 0 aliphatic rings. The molecule has 0 heterocycles. The summed E-state index contributed by atoms with van der Waals surface area (Å²) in [7, 11) is 0. The molecule has 0 aromatic rings. The first-order chi connectivity index (χ1) is 19.1. The Morgan fingerprint density at radius 2 is 1.00 bits per heavy atom. The van der Waals surface area contributed by atoms with Crippen LogP contribution in [-0.2, 0) is 4.79 Å². The van der Waals surface area contributed by atoms with E-state index in [0.29, 0.717) is 6.42 Å². The summed E-state index contributed by atoms with van der Waals surface area (Å²) in [6, 6.07) is -0.789. The fourth-order valence-electron chi connectivity index (χ4n) is 5.12. The monoisotopic (exact) mass is 554 g/mol. The molecule has 0 fully saturated rings. The van der Waals surface area contributed by atoms with Crippen molar-refractivity contribution < 1.29 is 20.1 Å². The second kappa shape index (κ2) is 30.1. The lowest BCUT2D eigenvalue weighted by Gasteiger charge is -2.21. The zero-order valence-electron chi connectivity index (χ0n) is 26.0. The molecule has 1 amide bonds. The van der Waals surface area contributed by atoms with Gasteiger partial charge < -0.3 is 20.6 Å². The lowest BCUT2D eigenvalue weighted by molar-refractivity contribution is -0.131. The van der Waals surface area contributed by atoms with Gasteiger partial charge in [-0.3, -0.25) is 4.79 Å². The number of nitrogens with one attached hydrogen (secondary N) is 1. The van der Waals surface area contributed by atoms with E-state index in [4.69, 9.17) is 0 Å². The predicted molar refractivity (Wildman–Crippen MR) is 167 cm³/mol. The third-order valence-corrected chi connectivity index (χ3v) is 7.88. The molecule has 0 radical (unpaired) electrons. The average molecular weight is 554 g/mol. The molecular formula is C34H67NO4. The fourth-order valence-corrected chi connectivity index (χ4v) is 5.12. The van der Waals surface area contributed by atoms with Crippen molar-refractivity contribution in [2.75, 3.05) is 6.61 Å². The Morgan fingerprint density at radius 1 is 0.615 bits per heavy atom. The Kier molecular flexibility index (Phi) is 29.4. The van der Waals surface area contributed by atoms with Crippen molar-refractivity contribution >= 4 is 5.91 Å². The van der Waals surface area contributed by atoms with Gasteiger partial charge in [0, 0.05) is 0 Å². The van der Waals surface area contributed by atoms with E-state index in [1.54, 1.807) is 6.08 Å². The summed E-state index contributed by atoms with van der Waals surface area (Å²) in [4.78, 5) is 12.3. The maximum absolute atomic E-state index is 12.3. The summed E-state index contributed by atoms with van der Waals surface area (Å²) in [5.74, 6) is -0.505. The molecule has 0 spiro atoms. The van der Waals surface area contributed by atoms with Crippen molar-refractivity contribution in [3.8, 4) is 0 Å². The first-order valence-electron chi connectivity index (χ1n) is 17.0. The fraction of sp³-hybridized carbons (Fsp3) is 0.912. The zero-order chi connectivity index (χ0) is 28.8. The molecule has 39 heavy (non-hydrogen) atoms. The second-order valence-corrected chi connectivity index (χ2v) is 11.7. The molecule has 0 rings (SSSR count). The van der Waals surface area contributed by atoms with Crippen LogP contribution in [0.1, 0.15) is 174 Å². The molecule has 0 saturated heterocycles. The third kappa shape index (κ3) is 25.8. The van der Waals surface area contributed by atoms with Gasteiger partial charge in [-0.15, -0.1) is 0 Å². The molecule has 4 N–H and O–H groups in total. The summed E-state index contributed by atoms with van der Waals surface area (Å²) in [5, 5.41) is 32.8. The van der Waals surface area contributed by atoms with E-state index < -0.39 is 24.2 Å². The van der Waals surface area contributed by atoms with Crippen molar-refractivity contribution in [1.82, 2.24) is 5.32 Å². The van der Waals surface area contributed by atoms with E-state index >= 15 is 0 Å². The Balaban J connectivity index is 3.77. The van der Waals surface area contributed by atoms with Crippen molar-refractivity contribution in [2.24, 2.45) is 0 Å². The minimum atomic E-state index is -1.09. The van der Waals surface area contributed by atoms with Gasteiger partial charge in [0.05, 0.1) is 18.8 Å². The Morgan fingerprint density at radius 3 is 1.41 bits per heavy atom. The van der Waals surface area contributed by atoms with E-state index in [9.17, 15) is 20.1 Å². The number of unbranched alkanes of at least 4 members (excludes halogenated alkanes) is 22. The maximum Gasteiger partial charge on any atom is 0.249 e. The van der Waals surface area contributed by atoms with Crippen molar-refractivity contribution in [2.45, 2.75) is 193 Å². The van der Waals surface area contributed by atoms with Gasteiger partial charge in [-0.05, 0) is 19.3 Å². The van der Waals surface area contributed by atoms with Gasteiger partial charge in [-0.2, -0.15) is 0 Å². The maximum atomic E-state index is 12.3. The topological polar surface area (TPSA) is 89.8 Å². The normalized spacial score (nSPS) is 14.1. The Hall–Kier alpha value is -0.910. The van der Waals surface area contributed by atoms with E-state index in [2.05, 4.69) is 19.2 Å². The molecule has 0 aromatic heterocycles. The van der Waals surface area contributed by atoms with Gasteiger partial charge in [0.1, 0.15) is 6.10 Å². The molecule has 0 aliphatic carbocycles. The largest absolute Gasteiger partial charge is 0.394 e. The minimum Gasteiger partial charge on any atom is -0.394 e. The van der Waals surface area contributed by atoms with Crippen molar-refractivity contribution in [1.29, 1.82) is 0 Å². The highest BCUT2D eigenvalue weighted by molar-refractivity contribution is 5.80. The van der Waals surface area contributed by atoms with Crippen LogP contribution in [0.25, 0.3) is 0 Å². The molecular weight excluding hydrogens is 486 g/mol. The highest BCUT2D eigenvalue weighted by Gasteiger charge is 2.22. The van der Waals surface area contributed by atoms with Crippen LogP contribution in [-0.4, -0.2) is 46.1 Å². The van der Waals surface area contributed by atoms with Crippen LogP contribution in [0.15, 0.2) is 12.2 Å². The van der Waals surface area contributed by atoms with E-state index in [0.717, 1.165) is 32.1 Å². The van der Waals surface area contributed by atoms with Gasteiger partial charge in [0.15, 0.2) is 0 Å². The number of carbonyl (C=O) groups excluding carboxylic acids is 1. The number of carbonyl (C=O) groups is 1. The van der Waals surface area contributed by atoms with Crippen LogP contribution in [0.3, 0.4) is 0 Å². The smallest absolute Gasteiger partial charge is 0.249 e. The SMILES string of the molecule is CCCCCCCCCCCCCC/C=C/C(O)C(CO)NC(=O)C(O)CCCCCCCCCCCCC. The third-order valence-electron chi connectivity index (χ3n) is 7.88. The van der Waals surface area contributed by atoms with Gasteiger partial charge in [0.2, 0.25) is 5.91 Å². The van der Waals surface area contributed by atoms with Crippen LogP contribution in [0.4, 0.5) is 0 Å².